The predicted molar refractivity (Wildman–Crippen MR) is 75.1 cm³/mol. The molecule has 0 bridgehead atoms. The lowest BCUT2D eigenvalue weighted by atomic mass is 9.93. The van der Waals surface area contributed by atoms with E-state index in [1.807, 2.05) is 0 Å². The van der Waals surface area contributed by atoms with Crippen LogP contribution >= 0.6 is 12.4 Å². The first-order valence-electron chi connectivity index (χ1n) is 6.58. The van der Waals surface area contributed by atoms with Gasteiger partial charge < -0.3 is 10.6 Å². The molecule has 108 valence electrons. The van der Waals surface area contributed by atoms with Crippen LogP contribution in [-0.2, 0) is 11.3 Å². The highest BCUT2D eigenvalue weighted by atomic mass is 35.5. The van der Waals surface area contributed by atoms with Crippen molar-refractivity contribution >= 4 is 18.3 Å². The lowest BCUT2D eigenvalue weighted by Crippen LogP contribution is -2.44. The van der Waals surface area contributed by atoms with E-state index in [-0.39, 0.29) is 24.4 Å². The molecule has 1 saturated heterocycles. The Morgan fingerprint density at radius 3 is 3.11 bits per heavy atom. The van der Waals surface area contributed by atoms with Crippen LogP contribution in [-0.4, -0.2) is 39.8 Å². The minimum Gasteiger partial charge on any atom is -0.353 e. The zero-order valence-electron chi connectivity index (χ0n) is 11.2. The molecule has 6 nitrogen and oxygen atoms in total. The van der Waals surface area contributed by atoms with Crippen molar-refractivity contribution in [2.45, 2.75) is 38.8 Å². The molecule has 2 rings (SSSR count). The van der Waals surface area contributed by atoms with E-state index in [1.54, 1.807) is 11.0 Å². The van der Waals surface area contributed by atoms with Crippen LogP contribution in [0.25, 0.3) is 0 Å². The zero-order valence-corrected chi connectivity index (χ0v) is 12.0. The van der Waals surface area contributed by atoms with Crippen molar-refractivity contribution in [3.63, 3.8) is 0 Å². The number of rotatable bonds is 5. The van der Waals surface area contributed by atoms with Gasteiger partial charge in [0.05, 0.1) is 6.54 Å². The summed E-state index contributed by atoms with van der Waals surface area (Å²) in [5.41, 5.74) is 0. The van der Waals surface area contributed by atoms with Crippen LogP contribution < -0.4 is 10.6 Å². The molecule has 2 unspecified atom stereocenters. The minimum absolute atomic E-state index is 0. The fourth-order valence-corrected chi connectivity index (χ4v) is 2.31. The van der Waals surface area contributed by atoms with Crippen molar-refractivity contribution in [3.05, 3.63) is 12.7 Å². The number of aryl methyl sites for hydroxylation is 1. The van der Waals surface area contributed by atoms with Gasteiger partial charge in [-0.1, -0.05) is 0 Å². The Morgan fingerprint density at radius 1 is 1.63 bits per heavy atom. The summed E-state index contributed by atoms with van der Waals surface area (Å²) in [6.45, 7) is 4.78. The van der Waals surface area contributed by atoms with Crippen LogP contribution in [0.4, 0.5) is 0 Å². The summed E-state index contributed by atoms with van der Waals surface area (Å²) in [4.78, 5) is 15.6. The molecule has 7 heteroatoms. The topological polar surface area (TPSA) is 71.8 Å². The van der Waals surface area contributed by atoms with E-state index in [9.17, 15) is 4.79 Å². The molecule has 2 heterocycles. The average molecular weight is 288 g/mol. The quantitative estimate of drug-likeness (QED) is 0.832. The number of hydrogen-bond acceptors (Lipinski definition) is 4. The maximum atomic E-state index is 11.8. The molecule has 1 fully saturated rings. The number of nitrogens with one attached hydrogen (secondary N) is 2. The van der Waals surface area contributed by atoms with Gasteiger partial charge in [-0.05, 0) is 38.8 Å². The molecule has 1 aliphatic heterocycles. The summed E-state index contributed by atoms with van der Waals surface area (Å²) in [6.07, 6.45) is 5.95. The van der Waals surface area contributed by atoms with E-state index in [2.05, 4.69) is 27.6 Å². The van der Waals surface area contributed by atoms with Crippen LogP contribution in [0, 0.1) is 5.92 Å². The van der Waals surface area contributed by atoms with Crippen molar-refractivity contribution in [1.29, 1.82) is 0 Å². The van der Waals surface area contributed by atoms with E-state index < -0.39 is 0 Å². The van der Waals surface area contributed by atoms with Gasteiger partial charge in [0, 0.05) is 12.5 Å². The van der Waals surface area contributed by atoms with Gasteiger partial charge in [0.1, 0.15) is 12.7 Å². The Kier molecular flexibility index (Phi) is 6.80. The first-order chi connectivity index (χ1) is 8.75. The Morgan fingerprint density at radius 2 is 2.47 bits per heavy atom. The Balaban J connectivity index is 0.00000180. The van der Waals surface area contributed by atoms with Gasteiger partial charge in [-0.25, -0.2) is 4.98 Å². The summed E-state index contributed by atoms with van der Waals surface area (Å²) in [5, 5.41) is 10.4. The SMILES string of the molecule is CC(NC(=O)CCn1cncn1)C1CCCNC1.Cl. The van der Waals surface area contributed by atoms with Crippen molar-refractivity contribution in [2.75, 3.05) is 13.1 Å². The van der Waals surface area contributed by atoms with Gasteiger partial charge in [-0.15, -0.1) is 12.4 Å². The van der Waals surface area contributed by atoms with Gasteiger partial charge in [0.25, 0.3) is 0 Å². The molecule has 2 atom stereocenters. The second-order valence-corrected chi connectivity index (χ2v) is 4.87. The fraction of sp³-hybridized carbons (Fsp3) is 0.750. The molecule has 0 saturated carbocycles. The summed E-state index contributed by atoms with van der Waals surface area (Å²) in [6, 6.07) is 0.237. The van der Waals surface area contributed by atoms with E-state index in [4.69, 9.17) is 0 Å². The number of amides is 1. The van der Waals surface area contributed by atoms with E-state index in [0.717, 1.165) is 13.1 Å². The Bertz CT molecular complexity index is 364. The highest BCUT2D eigenvalue weighted by Crippen LogP contribution is 2.14. The van der Waals surface area contributed by atoms with Crippen LogP contribution in [0.15, 0.2) is 12.7 Å². The second-order valence-electron chi connectivity index (χ2n) is 4.87. The van der Waals surface area contributed by atoms with Crippen LogP contribution in [0.2, 0.25) is 0 Å². The predicted octanol–water partition coefficient (Wildman–Crippen LogP) is 0.594. The minimum atomic E-state index is 0. The number of hydrogen-bond donors (Lipinski definition) is 2. The van der Waals surface area contributed by atoms with Crippen molar-refractivity contribution < 1.29 is 4.79 Å². The number of piperidine rings is 1. The van der Waals surface area contributed by atoms with Crippen molar-refractivity contribution in [3.8, 4) is 0 Å². The van der Waals surface area contributed by atoms with Gasteiger partial charge >= 0.3 is 0 Å². The van der Waals surface area contributed by atoms with Crippen LogP contribution in [0.1, 0.15) is 26.2 Å². The third-order valence-electron chi connectivity index (χ3n) is 3.47. The monoisotopic (exact) mass is 287 g/mol. The first-order valence-corrected chi connectivity index (χ1v) is 6.58. The van der Waals surface area contributed by atoms with Crippen molar-refractivity contribution in [1.82, 2.24) is 25.4 Å². The Hall–Kier alpha value is -1.14. The molecular formula is C12H22ClN5O. The Labute approximate surface area is 119 Å². The smallest absolute Gasteiger partial charge is 0.222 e. The molecule has 1 aromatic rings. The third-order valence-corrected chi connectivity index (χ3v) is 3.47. The molecule has 0 spiro atoms. The summed E-state index contributed by atoms with van der Waals surface area (Å²) in [5.74, 6) is 0.637. The molecule has 1 amide bonds. The summed E-state index contributed by atoms with van der Waals surface area (Å²) < 4.78 is 1.67. The van der Waals surface area contributed by atoms with Gasteiger partial charge in [0.15, 0.2) is 0 Å². The number of carbonyl (C=O) groups is 1. The maximum Gasteiger partial charge on any atom is 0.222 e. The standard InChI is InChI=1S/C12H21N5O.ClH/c1-10(11-3-2-5-13-7-11)16-12(18)4-6-17-9-14-8-15-17;/h8-11,13H,2-7H2,1H3,(H,16,18);1H. The average Bonchev–Trinajstić information content (AvgIpc) is 2.90. The van der Waals surface area contributed by atoms with Crippen LogP contribution in [0.5, 0.6) is 0 Å². The molecule has 0 radical (unpaired) electrons. The largest absolute Gasteiger partial charge is 0.353 e. The molecule has 1 aliphatic rings. The highest BCUT2D eigenvalue weighted by molar-refractivity contribution is 5.85. The lowest BCUT2D eigenvalue weighted by molar-refractivity contribution is -0.122. The third kappa shape index (κ3) is 5.16. The normalized spacial score (nSPS) is 20.4. The van der Waals surface area contributed by atoms with E-state index in [0.29, 0.717) is 18.9 Å². The summed E-state index contributed by atoms with van der Waals surface area (Å²) in [7, 11) is 0. The number of halogens is 1. The number of nitrogens with zero attached hydrogens (tertiary/aromatic N) is 3. The van der Waals surface area contributed by atoms with E-state index in [1.165, 1.54) is 19.2 Å². The highest BCUT2D eigenvalue weighted by Gasteiger charge is 2.20. The second kappa shape index (κ2) is 8.12. The van der Waals surface area contributed by atoms with Crippen LogP contribution in [0.3, 0.4) is 0 Å². The summed E-state index contributed by atoms with van der Waals surface area (Å²) >= 11 is 0. The van der Waals surface area contributed by atoms with E-state index >= 15 is 0 Å². The van der Waals surface area contributed by atoms with Crippen molar-refractivity contribution in [2.24, 2.45) is 5.92 Å². The molecule has 0 aromatic carbocycles. The first kappa shape index (κ1) is 15.9. The molecule has 19 heavy (non-hydrogen) atoms. The number of aromatic nitrogens is 3. The van der Waals surface area contributed by atoms with Gasteiger partial charge in [0.2, 0.25) is 5.91 Å². The molecule has 2 N–H and O–H groups in total. The molecule has 1 aromatic heterocycles. The zero-order chi connectivity index (χ0) is 12.8. The molecule has 0 aliphatic carbocycles. The molecular weight excluding hydrogens is 266 g/mol. The fourth-order valence-electron chi connectivity index (χ4n) is 2.31. The lowest BCUT2D eigenvalue weighted by Gasteiger charge is -2.28. The number of carbonyl (C=O) groups excluding carboxylic acids is 1. The maximum absolute atomic E-state index is 11.8. The van der Waals surface area contributed by atoms with Gasteiger partial charge in [-0.3, -0.25) is 9.48 Å². The van der Waals surface area contributed by atoms with Gasteiger partial charge in [-0.2, -0.15) is 5.10 Å².